The van der Waals surface area contributed by atoms with Crippen molar-refractivity contribution in [1.29, 1.82) is 0 Å². The normalized spacial score (nSPS) is 26.2. The fourth-order valence-electron chi connectivity index (χ4n) is 3.74. The van der Waals surface area contributed by atoms with Crippen molar-refractivity contribution in [3.63, 3.8) is 0 Å². The summed E-state index contributed by atoms with van der Waals surface area (Å²) in [4.78, 5) is 40.9. The lowest BCUT2D eigenvalue weighted by molar-refractivity contribution is -0.146. The average molecular weight is 398 g/mol. The van der Waals surface area contributed by atoms with Crippen LogP contribution >= 0.6 is 0 Å². The predicted octanol–water partition coefficient (Wildman–Crippen LogP) is 2.05. The molecule has 7 heteroatoms. The van der Waals surface area contributed by atoms with Crippen molar-refractivity contribution in [2.75, 3.05) is 33.2 Å². The highest BCUT2D eigenvalue weighted by atomic mass is 16.5. The van der Waals surface area contributed by atoms with Crippen LogP contribution in [0.25, 0.3) is 0 Å². The van der Waals surface area contributed by atoms with Gasteiger partial charge in [-0.2, -0.15) is 0 Å². The highest BCUT2D eigenvalue weighted by molar-refractivity contribution is 5.95. The molecule has 29 heavy (non-hydrogen) atoms. The van der Waals surface area contributed by atoms with Gasteiger partial charge in [-0.3, -0.25) is 14.4 Å². The summed E-state index contributed by atoms with van der Waals surface area (Å²) >= 11 is 0. The van der Waals surface area contributed by atoms with Gasteiger partial charge >= 0.3 is 5.97 Å². The third-order valence-corrected chi connectivity index (χ3v) is 6.13. The first-order valence-corrected chi connectivity index (χ1v) is 9.58. The third kappa shape index (κ3) is 3.58. The van der Waals surface area contributed by atoms with Gasteiger partial charge in [0.15, 0.2) is 6.29 Å². The molecule has 0 spiro atoms. The van der Waals surface area contributed by atoms with E-state index in [9.17, 15) is 19.5 Å². The lowest BCUT2D eigenvalue weighted by Gasteiger charge is -2.33. The third-order valence-electron chi connectivity index (χ3n) is 6.13. The molecule has 0 aliphatic carbocycles. The van der Waals surface area contributed by atoms with E-state index < -0.39 is 17.3 Å². The number of aldehydes is 1. The standard InChI is InChI=1S/C22H26N2O5/c1-14-19(26)18(13-25)15(2)29-21(28)22(14,3)17-7-5-16(6-8-17)20(27)24-11-9-23(4)10-12-24/h5-8,13-14,26H,2,9-12H2,1,3-4H3. The molecule has 1 saturated heterocycles. The highest BCUT2D eigenvalue weighted by Crippen LogP contribution is 2.41. The molecule has 1 aromatic carbocycles. The summed E-state index contributed by atoms with van der Waals surface area (Å²) in [6.45, 7) is 9.89. The molecule has 3 rings (SSSR count). The zero-order valence-corrected chi connectivity index (χ0v) is 17.0. The van der Waals surface area contributed by atoms with Crippen LogP contribution in [0.2, 0.25) is 0 Å². The maximum Gasteiger partial charge on any atom is 0.322 e. The minimum Gasteiger partial charge on any atom is -0.511 e. The molecule has 154 valence electrons. The molecular formula is C22H26N2O5. The van der Waals surface area contributed by atoms with Crippen LogP contribution in [0.4, 0.5) is 0 Å². The second kappa shape index (κ2) is 7.83. The molecule has 2 heterocycles. The van der Waals surface area contributed by atoms with Gasteiger partial charge in [0, 0.05) is 37.7 Å². The molecule has 1 fully saturated rings. The lowest BCUT2D eigenvalue weighted by Crippen LogP contribution is -2.47. The first-order valence-electron chi connectivity index (χ1n) is 9.58. The van der Waals surface area contributed by atoms with Crippen molar-refractivity contribution in [3.8, 4) is 0 Å². The summed E-state index contributed by atoms with van der Waals surface area (Å²) in [5.41, 5.74) is -0.241. The smallest absolute Gasteiger partial charge is 0.322 e. The number of hydrogen-bond acceptors (Lipinski definition) is 6. The highest BCUT2D eigenvalue weighted by Gasteiger charge is 2.47. The van der Waals surface area contributed by atoms with Crippen LogP contribution in [0.5, 0.6) is 0 Å². The summed E-state index contributed by atoms with van der Waals surface area (Å²) in [6, 6.07) is 6.76. The largest absolute Gasteiger partial charge is 0.511 e. The quantitative estimate of drug-likeness (QED) is 0.619. The van der Waals surface area contributed by atoms with Gasteiger partial charge in [-0.25, -0.2) is 0 Å². The topological polar surface area (TPSA) is 87.2 Å². The van der Waals surface area contributed by atoms with E-state index in [0.717, 1.165) is 13.1 Å². The number of hydrogen-bond donors (Lipinski definition) is 1. The van der Waals surface area contributed by atoms with Crippen molar-refractivity contribution in [3.05, 3.63) is 59.1 Å². The molecule has 2 aliphatic heterocycles. The van der Waals surface area contributed by atoms with E-state index in [1.54, 1.807) is 38.1 Å². The fourth-order valence-corrected chi connectivity index (χ4v) is 3.74. The van der Waals surface area contributed by atoms with Crippen LogP contribution in [0.15, 0.2) is 47.9 Å². The van der Waals surface area contributed by atoms with E-state index in [1.165, 1.54) is 0 Å². The number of esters is 1. The van der Waals surface area contributed by atoms with E-state index in [1.807, 2.05) is 11.9 Å². The minimum atomic E-state index is -1.24. The lowest BCUT2D eigenvalue weighted by atomic mass is 9.71. The van der Waals surface area contributed by atoms with Gasteiger partial charge in [0.05, 0.1) is 5.57 Å². The molecular weight excluding hydrogens is 372 g/mol. The number of ether oxygens (including phenoxy) is 1. The number of amides is 1. The van der Waals surface area contributed by atoms with Crippen LogP contribution < -0.4 is 0 Å². The van der Waals surface area contributed by atoms with Crippen LogP contribution in [0, 0.1) is 5.92 Å². The Balaban J connectivity index is 1.90. The van der Waals surface area contributed by atoms with E-state index in [0.29, 0.717) is 30.5 Å². The number of carbonyl (C=O) groups is 3. The van der Waals surface area contributed by atoms with Crippen molar-refractivity contribution in [1.82, 2.24) is 9.80 Å². The van der Waals surface area contributed by atoms with Gasteiger partial charge in [-0.1, -0.05) is 25.6 Å². The van der Waals surface area contributed by atoms with Gasteiger partial charge in [0.1, 0.15) is 16.9 Å². The maximum absolute atomic E-state index is 12.8. The van der Waals surface area contributed by atoms with Crippen LogP contribution in [-0.2, 0) is 19.7 Å². The predicted molar refractivity (Wildman–Crippen MR) is 107 cm³/mol. The number of nitrogens with zero attached hydrogens (tertiary/aromatic N) is 2. The Labute approximate surface area is 170 Å². The van der Waals surface area contributed by atoms with E-state index >= 15 is 0 Å². The second-order valence-electron chi connectivity index (χ2n) is 7.83. The van der Waals surface area contributed by atoms with Gasteiger partial charge in [-0.15, -0.1) is 0 Å². The Morgan fingerprint density at radius 1 is 1.24 bits per heavy atom. The van der Waals surface area contributed by atoms with Crippen molar-refractivity contribution in [2.45, 2.75) is 19.3 Å². The van der Waals surface area contributed by atoms with E-state index in [-0.39, 0.29) is 23.0 Å². The molecule has 1 N–H and O–H groups in total. The molecule has 1 aromatic rings. The number of aliphatic hydroxyl groups is 1. The summed E-state index contributed by atoms with van der Waals surface area (Å²) < 4.78 is 5.25. The summed E-state index contributed by atoms with van der Waals surface area (Å²) in [6.07, 6.45) is 0.436. The average Bonchev–Trinajstić information content (AvgIpc) is 2.78. The first kappa shape index (κ1) is 20.8. The number of likely N-dealkylation sites (N-methyl/N-ethyl adjacent to an activating group) is 1. The number of cyclic esters (lactones) is 1. The SMILES string of the molecule is C=C1OC(=O)C(C)(c2ccc(C(=O)N3CCN(C)CC3)cc2)C(C)C(O)=C1C=O. The molecule has 0 saturated carbocycles. The molecule has 0 aromatic heterocycles. The number of rotatable bonds is 3. The van der Waals surface area contributed by atoms with Crippen molar-refractivity contribution >= 4 is 18.2 Å². The van der Waals surface area contributed by atoms with Crippen molar-refractivity contribution < 1.29 is 24.2 Å². The number of carbonyl (C=O) groups excluding carboxylic acids is 3. The van der Waals surface area contributed by atoms with Gasteiger partial charge in [0.25, 0.3) is 5.91 Å². The number of aliphatic hydroxyl groups excluding tert-OH is 1. The zero-order valence-electron chi connectivity index (χ0n) is 17.0. The molecule has 1 amide bonds. The Kier molecular flexibility index (Phi) is 5.61. The number of piperazine rings is 1. The van der Waals surface area contributed by atoms with E-state index in [2.05, 4.69) is 11.5 Å². The Morgan fingerprint density at radius 3 is 2.38 bits per heavy atom. The number of allylic oxidation sites excluding steroid dienone is 2. The molecule has 2 atom stereocenters. The molecule has 0 bridgehead atoms. The van der Waals surface area contributed by atoms with Crippen LogP contribution in [-0.4, -0.2) is 66.3 Å². The maximum atomic E-state index is 12.8. The summed E-state index contributed by atoms with van der Waals surface area (Å²) in [7, 11) is 2.03. The Bertz CT molecular complexity index is 881. The molecule has 7 nitrogen and oxygen atoms in total. The Hall–Kier alpha value is -2.93. The second-order valence-corrected chi connectivity index (χ2v) is 7.83. The number of benzene rings is 1. The van der Waals surface area contributed by atoms with E-state index in [4.69, 9.17) is 4.74 Å². The van der Waals surface area contributed by atoms with Crippen LogP contribution in [0.3, 0.4) is 0 Å². The minimum absolute atomic E-state index is 0.0503. The van der Waals surface area contributed by atoms with Crippen LogP contribution in [0.1, 0.15) is 29.8 Å². The zero-order chi connectivity index (χ0) is 21.3. The Morgan fingerprint density at radius 2 is 1.83 bits per heavy atom. The molecule has 0 radical (unpaired) electrons. The van der Waals surface area contributed by atoms with Gasteiger partial charge in [0.2, 0.25) is 0 Å². The van der Waals surface area contributed by atoms with Gasteiger partial charge < -0.3 is 19.6 Å². The molecule has 2 unspecified atom stereocenters. The fraction of sp³-hybridized carbons (Fsp3) is 0.409. The summed E-state index contributed by atoms with van der Waals surface area (Å²) in [5.74, 6) is -1.79. The van der Waals surface area contributed by atoms with Crippen molar-refractivity contribution in [2.24, 2.45) is 5.92 Å². The molecule has 2 aliphatic rings. The first-order chi connectivity index (χ1) is 13.7. The summed E-state index contributed by atoms with van der Waals surface area (Å²) in [5, 5.41) is 10.5. The monoisotopic (exact) mass is 398 g/mol. The van der Waals surface area contributed by atoms with Gasteiger partial charge in [-0.05, 0) is 31.7 Å².